The first kappa shape index (κ1) is 25.3. The fourth-order valence-corrected chi connectivity index (χ4v) is 7.43. The Morgan fingerprint density at radius 2 is 1.12 bits per heavy atom. The standard InChI is InChI=1S/C41H30N2/c1-41(2)35-18-7-3-15-33(35)39(34-16-4-8-19-36(34)41)28-24-22-27(23-25-28)30-17-11-12-29(26-42)40(30)43-37-20-9-5-13-31(37)32-14-6-10-21-38(32)43/h3-25,39H,1-2H3. The van der Waals surface area contributed by atoms with E-state index in [1.165, 1.54) is 38.6 Å². The van der Waals surface area contributed by atoms with Crippen molar-refractivity contribution < 1.29 is 0 Å². The largest absolute Gasteiger partial charge is 0.307 e. The molecule has 0 amide bonds. The molecule has 7 aromatic rings. The van der Waals surface area contributed by atoms with Crippen molar-refractivity contribution in [3.05, 3.63) is 173 Å². The number of rotatable bonds is 3. The molecule has 43 heavy (non-hydrogen) atoms. The van der Waals surface area contributed by atoms with Crippen LogP contribution in [0.2, 0.25) is 0 Å². The summed E-state index contributed by atoms with van der Waals surface area (Å²) < 4.78 is 2.27. The number of nitrogens with zero attached hydrogens (tertiary/aromatic N) is 2. The van der Waals surface area contributed by atoms with Gasteiger partial charge in [0.2, 0.25) is 0 Å². The van der Waals surface area contributed by atoms with E-state index in [1.54, 1.807) is 0 Å². The number of aromatic nitrogens is 1. The van der Waals surface area contributed by atoms with Crippen LogP contribution in [0.4, 0.5) is 0 Å². The highest BCUT2D eigenvalue weighted by molar-refractivity contribution is 6.10. The molecule has 1 aliphatic carbocycles. The first-order valence-electron chi connectivity index (χ1n) is 14.9. The van der Waals surface area contributed by atoms with Gasteiger partial charge in [0.15, 0.2) is 0 Å². The molecule has 2 nitrogen and oxygen atoms in total. The van der Waals surface area contributed by atoms with E-state index < -0.39 is 0 Å². The minimum absolute atomic E-state index is 0.0570. The molecule has 1 aromatic heterocycles. The predicted molar refractivity (Wildman–Crippen MR) is 177 cm³/mol. The molecule has 0 unspecified atom stereocenters. The van der Waals surface area contributed by atoms with Crippen LogP contribution in [0.15, 0.2) is 140 Å². The zero-order chi connectivity index (χ0) is 29.1. The lowest BCUT2D eigenvalue weighted by atomic mass is 9.64. The van der Waals surface area contributed by atoms with Gasteiger partial charge in [0.05, 0.1) is 22.3 Å². The van der Waals surface area contributed by atoms with E-state index in [1.807, 2.05) is 12.1 Å². The van der Waals surface area contributed by atoms with Gasteiger partial charge in [-0.15, -0.1) is 0 Å². The number of hydrogen-bond acceptors (Lipinski definition) is 1. The molecule has 0 atom stereocenters. The molecular weight excluding hydrogens is 520 g/mol. The van der Waals surface area contributed by atoms with Gasteiger partial charge in [0.1, 0.15) is 6.07 Å². The summed E-state index contributed by atoms with van der Waals surface area (Å²) in [7, 11) is 0. The Balaban J connectivity index is 1.32. The third-order valence-electron chi connectivity index (χ3n) is 9.41. The highest BCUT2D eigenvalue weighted by Gasteiger charge is 2.37. The number of benzene rings is 6. The molecule has 204 valence electrons. The van der Waals surface area contributed by atoms with Crippen molar-refractivity contribution in [3.8, 4) is 22.9 Å². The van der Waals surface area contributed by atoms with Crippen LogP contribution in [-0.4, -0.2) is 4.57 Å². The third-order valence-corrected chi connectivity index (χ3v) is 9.41. The highest BCUT2D eigenvalue weighted by Crippen LogP contribution is 2.49. The van der Waals surface area contributed by atoms with E-state index in [4.69, 9.17) is 0 Å². The van der Waals surface area contributed by atoms with Gasteiger partial charge < -0.3 is 4.57 Å². The molecule has 2 heteroatoms. The van der Waals surface area contributed by atoms with Crippen molar-refractivity contribution in [1.82, 2.24) is 4.57 Å². The minimum Gasteiger partial charge on any atom is -0.307 e. The Hall–Kier alpha value is -5.39. The van der Waals surface area contributed by atoms with Crippen LogP contribution in [0.5, 0.6) is 0 Å². The quantitative estimate of drug-likeness (QED) is 0.215. The van der Waals surface area contributed by atoms with Crippen LogP contribution < -0.4 is 0 Å². The Labute approximate surface area is 252 Å². The van der Waals surface area contributed by atoms with Crippen LogP contribution in [0.1, 0.15) is 53.1 Å². The summed E-state index contributed by atoms with van der Waals surface area (Å²) >= 11 is 0. The normalized spacial score (nSPS) is 13.9. The van der Waals surface area contributed by atoms with E-state index in [0.29, 0.717) is 5.56 Å². The molecule has 0 radical (unpaired) electrons. The second-order valence-electron chi connectivity index (χ2n) is 12.0. The van der Waals surface area contributed by atoms with Crippen molar-refractivity contribution in [2.75, 3.05) is 0 Å². The van der Waals surface area contributed by atoms with Gasteiger partial charge in [0, 0.05) is 27.7 Å². The summed E-state index contributed by atoms with van der Waals surface area (Å²) in [5, 5.41) is 12.7. The zero-order valence-electron chi connectivity index (χ0n) is 24.3. The van der Waals surface area contributed by atoms with Gasteiger partial charge in [-0.05, 0) is 51.6 Å². The van der Waals surface area contributed by atoms with Crippen LogP contribution in [0.3, 0.4) is 0 Å². The monoisotopic (exact) mass is 550 g/mol. The maximum atomic E-state index is 10.3. The summed E-state index contributed by atoms with van der Waals surface area (Å²) in [4.78, 5) is 0. The van der Waals surface area contributed by atoms with Gasteiger partial charge in [-0.2, -0.15) is 5.26 Å². The fraction of sp³-hybridized carbons (Fsp3) is 0.0976. The lowest BCUT2D eigenvalue weighted by Crippen LogP contribution is -2.29. The summed E-state index contributed by atoms with van der Waals surface area (Å²) in [6.07, 6.45) is 0. The Bertz CT molecular complexity index is 2120. The molecule has 0 aliphatic heterocycles. The lowest BCUT2D eigenvalue weighted by molar-refractivity contribution is 0.597. The Kier molecular flexibility index (Phi) is 5.64. The summed E-state index contributed by atoms with van der Waals surface area (Å²) in [5.74, 6) is 0.164. The van der Waals surface area contributed by atoms with E-state index in [9.17, 15) is 5.26 Å². The lowest BCUT2D eigenvalue weighted by Gasteiger charge is -2.39. The first-order chi connectivity index (χ1) is 21.1. The molecule has 1 aliphatic rings. The van der Waals surface area contributed by atoms with Crippen LogP contribution >= 0.6 is 0 Å². The number of nitriles is 1. The molecule has 0 saturated heterocycles. The van der Waals surface area contributed by atoms with E-state index in [2.05, 4.69) is 152 Å². The molecule has 1 heterocycles. The predicted octanol–water partition coefficient (Wildman–Crippen LogP) is 10.1. The summed E-state index contributed by atoms with van der Waals surface area (Å²) in [6, 6.07) is 52.3. The average Bonchev–Trinajstić information content (AvgIpc) is 3.39. The molecule has 0 spiro atoms. The highest BCUT2D eigenvalue weighted by atomic mass is 15.0. The summed E-state index contributed by atoms with van der Waals surface area (Å²) in [6.45, 7) is 4.67. The van der Waals surface area contributed by atoms with E-state index in [-0.39, 0.29) is 11.3 Å². The van der Waals surface area contributed by atoms with Crippen molar-refractivity contribution in [2.24, 2.45) is 0 Å². The molecule has 0 fully saturated rings. The molecule has 8 rings (SSSR count). The second kappa shape index (κ2) is 9.58. The topological polar surface area (TPSA) is 28.7 Å². The van der Waals surface area contributed by atoms with Gasteiger partial charge in [0.25, 0.3) is 0 Å². The van der Waals surface area contributed by atoms with Crippen LogP contribution in [-0.2, 0) is 5.41 Å². The van der Waals surface area contributed by atoms with Crippen molar-refractivity contribution in [2.45, 2.75) is 25.2 Å². The maximum absolute atomic E-state index is 10.3. The number of hydrogen-bond donors (Lipinski definition) is 0. The Morgan fingerprint density at radius 1 is 0.581 bits per heavy atom. The van der Waals surface area contributed by atoms with Gasteiger partial charge in [-0.3, -0.25) is 0 Å². The van der Waals surface area contributed by atoms with Crippen molar-refractivity contribution >= 4 is 21.8 Å². The maximum Gasteiger partial charge on any atom is 0.101 e. The second-order valence-corrected chi connectivity index (χ2v) is 12.0. The van der Waals surface area contributed by atoms with Gasteiger partial charge in [-0.1, -0.05) is 135 Å². The molecule has 6 aromatic carbocycles. The SMILES string of the molecule is CC1(C)c2ccccc2C(c2ccc(-c3cccc(C#N)c3-n3c4ccccc4c4ccccc43)cc2)c2ccccc21. The first-order valence-corrected chi connectivity index (χ1v) is 14.9. The number of fused-ring (bicyclic) bond motifs is 5. The molecule has 0 saturated carbocycles. The summed E-state index contributed by atoms with van der Waals surface area (Å²) in [5.41, 5.74) is 12.6. The van der Waals surface area contributed by atoms with Gasteiger partial charge >= 0.3 is 0 Å². The van der Waals surface area contributed by atoms with Crippen molar-refractivity contribution in [3.63, 3.8) is 0 Å². The minimum atomic E-state index is -0.0570. The van der Waals surface area contributed by atoms with Crippen LogP contribution in [0.25, 0.3) is 38.6 Å². The zero-order valence-corrected chi connectivity index (χ0v) is 24.3. The average molecular weight is 551 g/mol. The van der Waals surface area contributed by atoms with Crippen molar-refractivity contribution in [1.29, 1.82) is 5.26 Å². The smallest absolute Gasteiger partial charge is 0.101 e. The number of para-hydroxylation sites is 3. The van der Waals surface area contributed by atoms with E-state index in [0.717, 1.165) is 27.8 Å². The fourth-order valence-electron chi connectivity index (χ4n) is 7.43. The third kappa shape index (κ3) is 3.72. The molecular formula is C41H30N2. The van der Waals surface area contributed by atoms with Gasteiger partial charge in [-0.25, -0.2) is 0 Å². The van der Waals surface area contributed by atoms with E-state index >= 15 is 0 Å². The molecule has 0 N–H and O–H groups in total. The Morgan fingerprint density at radius 3 is 1.70 bits per heavy atom. The van der Waals surface area contributed by atoms with Crippen LogP contribution in [0, 0.1) is 11.3 Å². The molecule has 0 bridgehead atoms.